The van der Waals surface area contributed by atoms with Gasteiger partial charge < -0.3 is 0 Å². The molecule has 0 bridgehead atoms. The highest BCUT2D eigenvalue weighted by atomic mass is 32.2. The number of rotatable bonds is 6. The highest BCUT2D eigenvalue weighted by Crippen LogP contribution is 2.47. The second kappa shape index (κ2) is 6.52. The van der Waals surface area contributed by atoms with Crippen molar-refractivity contribution in [2.45, 2.75) is 30.1 Å². The van der Waals surface area contributed by atoms with E-state index in [2.05, 4.69) is 13.2 Å². The summed E-state index contributed by atoms with van der Waals surface area (Å²) >= 11 is 0. The minimum absolute atomic E-state index is 0.308. The van der Waals surface area contributed by atoms with Crippen LogP contribution in [0.15, 0.2) is 78.7 Å². The van der Waals surface area contributed by atoms with Gasteiger partial charge in [-0.05, 0) is 43.5 Å². The van der Waals surface area contributed by atoms with Crippen LogP contribution in [0, 0.1) is 6.92 Å². The van der Waals surface area contributed by atoms with Gasteiger partial charge in [-0.25, -0.2) is 8.42 Å². The third-order valence-electron chi connectivity index (χ3n) is 4.87. The molecule has 2 aromatic carbocycles. The van der Waals surface area contributed by atoms with Gasteiger partial charge in [0.1, 0.15) is 0 Å². The molecule has 3 nitrogen and oxygen atoms in total. The molecule has 0 aliphatic carbocycles. The van der Waals surface area contributed by atoms with Crippen molar-refractivity contribution >= 4 is 15.7 Å². The average Bonchev–Trinajstić information content (AvgIpc) is 2.92. The molecule has 1 aliphatic heterocycles. The maximum atomic E-state index is 13.3. The smallest absolute Gasteiger partial charge is 0.264 e. The lowest BCUT2D eigenvalue weighted by atomic mass is 9.76. The van der Waals surface area contributed by atoms with Crippen molar-refractivity contribution in [3.05, 3.63) is 85.0 Å². The van der Waals surface area contributed by atoms with Crippen LogP contribution in [0.1, 0.15) is 24.0 Å². The lowest BCUT2D eigenvalue weighted by Gasteiger charge is -2.28. The van der Waals surface area contributed by atoms with E-state index in [0.29, 0.717) is 24.3 Å². The molecule has 0 fully saturated rings. The minimum atomic E-state index is -3.61. The molecule has 4 heteroatoms. The summed E-state index contributed by atoms with van der Waals surface area (Å²) in [6.07, 6.45) is 5.14. The van der Waals surface area contributed by atoms with E-state index in [4.69, 9.17) is 0 Å². The number of allylic oxidation sites excluding steroid dienone is 2. The summed E-state index contributed by atoms with van der Waals surface area (Å²) in [5.41, 5.74) is 2.53. The van der Waals surface area contributed by atoms with Gasteiger partial charge in [0.25, 0.3) is 10.0 Å². The van der Waals surface area contributed by atoms with Crippen molar-refractivity contribution in [1.29, 1.82) is 0 Å². The molecule has 2 aromatic rings. The normalized spacial score (nSPS) is 15.6. The summed E-state index contributed by atoms with van der Waals surface area (Å²) in [5, 5.41) is 0. The van der Waals surface area contributed by atoms with Crippen molar-refractivity contribution in [2.75, 3.05) is 10.8 Å². The van der Waals surface area contributed by atoms with Crippen molar-refractivity contribution in [3.8, 4) is 0 Å². The fraction of sp³-hybridized carbons (Fsp3) is 0.238. The summed E-state index contributed by atoms with van der Waals surface area (Å²) in [5.74, 6) is 0. The van der Waals surface area contributed by atoms with Crippen LogP contribution in [0.2, 0.25) is 0 Å². The van der Waals surface area contributed by atoms with E-state index >= 15 is 0 Å². The third kappa shape index (κ3) is 2.91. The van der Waals surface area contributed by atoms with E-state index in [1.807, 2.05) is 55.5 Å². The molecule has 0 aromatic heterocycles. The standard InChI is InChI=1S/C21H23NO2S/c1-4-14-21(15-5-2)16-22(20-9-7-6-8-19(20)21)25(23,24)18-12-10-17(3)11-13-18/h4-13H,1-2,14-16H2,3H3. The van der Waals surface area contributed by atoms with Crippen LogP contribution in [0.5, 0.6) is 0 Å². The highest BCUT2D eigenvalue weighted by molar-refractivity contribution is 7.92. The Balaban J connectivity index is 2.13. The number of sulfonamides is 1. The average molecular weight is 353 g/mol. The van der Waals surface area contributed by atoms with Crippen molar-refractivity contribution in [2.24, 2.45) is 0 Å². The Labute approximate surface area is 150 Å². The number of fused-ring (bicyclic) bond motifs is 1. The Morgan fingerprint density at radius 3 is 2.24 bits per heavy atom. The molecule has 0 unspecified atom stereocenters. The zero-order chi connectivity index (χ0) is 18.1. The Morgan fingerprint density at radius 2 is 1.64 bits per heavy atom. The van der Waals surface area contributed by atoms with Crippen LogP contribution < -0.4 is 4.31 Å². The first-order valence-electron chi connectivity index (χ1n) is 8.35. The van der Waals surface area contributed by atoms with Gasteiger partial charge in [-0.3, -0.25) is 4.31 Å². The zero-order valence-corrected chi connectivity index (χ0v) is 15.3. The van der Waals surface area contributed by atoms with Crippen LogP contribution in [-0.4, -0.2) is 15.0 Å². The number of benzene rings is 2. The molecule has 0 saturated carbocycles. The third-order valence-corrected chi connectivity index (χ3v) is 6.64. The minimum Gasteiger partial charge on any atom is -0.265 e. The number of aryl methyl sites for hydroxylation is 1. The number of para-hydroxylation sites is 1. The molecular formula is C21H23NO2S. The lowest BCUT2D eigenvalue weighted by molar-refractivity contribution is 0.472. The van der Waals surface area contributed by atoms with Gasteiger partial charge in [-0.1, -0.05) is 48.0 Å². The van der Waals surface area contributed by atoms with E-state index in [-0.39, 0.29) is 5.41 Å². The quantitative estimate of drug-likeness (QED) is 0.712. The van der Waals surface area contributed by atoms with E-state index in [9.17, 15) is 8.42 Å². The first-order chi connectivity index (χ1) is 11.9. The van der Waals surface area contributed by atoms with Crippen molar-refractivity contribution in [3.63, 3.8) is 0 Å². The zero-order valence-electron chi connectivity index (χ0n) is 14.5. The molecule has 3 rings (SSSR count). The predicted molar refractivity (Wildman–Crippen MR) is 103 cm³/mol. The first-order valence-corrected chi connectivity index (χ1v) is 9.79. The maximum absolute atomic E-state index is 13.3. The van der Waals surface area contributed by atoms with Crippen LogP contribution in [0.25, 0.3) is 0 Å². The van der Waals surface area contributed by atoms with Gasteiger partial charge in [0, 0.05) is 12.0 Å². The van der Waals surface area contributed by atoms with E-state index in [1.54, 1.807) is 16.4 Å². The lowest BCUT2D eigenvalue weighted by Crippen LogP contribution is -2.36. The SMILES string of the molecule is C=CCC1(CC=C)CN(S(=O)(=O)c2ccc(C)cc2)c2ccccc21. The summed E-state index contributed by atoms with van der Waals surface area (Å²) < 4.78 is 28.1. The Kier molecular flexibility index (Phi) is 4.56. The van der Waals surface area contributed by atoms with Crippen LogP contribution in [-0.2, 0) is 15.4 Å². The Morgan fingerprint density at radius 1 is 1.04 bits per heavy atom. The van der Waals surface area contributed by atoms with Gasteiger partial charge in [0.15, 0.2) is 0 Å². The maximum Gasteiger partial charge on any atom is 0.264 e. The molecule has 0 atom stereocenters. The highest BCUT2D eigenvalue weighted by Gasteiger charge is 2.45. The summed E-state index contributed by atoms with van der Waals surface area (Å²) in [6.45, 7) is 10.1. The summed E-state index contributed by atoms with van der Waals surface area (Å²) in [7, 11) is -3.61. The van der Waals surface area contributed by atoms with Gasteiger partial charge in [0.05, 0.1) is 10.6 Å². The van der Waals surface area contributed by atoms with Crippen molar-refractivity contribution in [1.82, 2.24) is 0 Å². The molecule has 0 amide bonds. The molecule has 1 aliphatic rings. The molecule has 0 radical (unpaired) electrons. The number of nitrogens with zero attached hydrogens (tertiary/aromatic N) is 1. The number of anilines is 1. The van der Waals surface area contributed by atoms with Gasteiger partial charge in [-0.2, -0.15) is 0 Å². The van der Waals surface area contributed by atoms with E-state index < -0.39 is 10.0 Å². The van der Waals surface area contributed by atoms with Gasteiger partial charge in [0.2, 0.25) is 0 Å². The summed E-state index contributed by atoms with van der Waals surface area (Å²) in [4.78, 5) is 0.320. The van der Waals surface area contributed by atoms with Crippen LogP contribution in [0.4, 0.5) is 5.69 Å². The van der Waals surface area contributed by atoms with Gasteiger partial charge >= 0.3 is 0 Å². The van der Waals surface area contributed by atoms with Crippen LogP contribution in [0.3, 0.4) is 0 Å². The largest absolute Gasteiger partial charge is 0.265 e. The Hall–Kier alpha value is -2.33. The molecule has 0 saturated heterocycles. The summed E-state index contributed by atoms with van der Waals surface area (Å²) in [6, 6.07) is 14.8. The van der Waals surface area contributed by atoms with E-state index in [0.717, 1.165) is 16.8 Å². The molecule has 0 spiro atoms. The fourth-order valence-corrected chi connectivity index (χ4v) is 5.19. The van der Waals surface area contributed by atoms with Crippen LogP contribution >= 0.6 is 0 Å². The number of hydrogen-bond donors (Lipinski definition) is 0. The van der Waals surface area contributed by atoms with Crippen molar-refractivity contribution < 1.29 is 8.42 Å². The molecule has 1 heterocycles. The number of hydrogen-bond acceptors (Lipinski definition) is 2. The first kappa shape index (κ1) is 17.5. The second-order valence-electron chi connectivity index (χ2n) is 6.61. The molecule has 0 N–H and O–H groups in total. The fourth-order valence-electron chi connectivity index (χ4n) is 3.62. The topological polar surface area (TPSA) is 37.4 Å². The molecule has 25 heavy (non-hydrogen) atoms. The molecular weight excluding hydrogens is 330 g/mol. The predicted octanol–water partition coefficient (Wildman–Crippen LogP) is 4.59. The molecule has 130 valence electrons. The monoisotopic (exact) mass is 353 g/mol. The Bertz CT molecular complexity index is 888. The van der Waals surface area contributed by atoms with E-state index in [1.165, 1.54) is 0 Å². The van der Waals surface area contributed by atoms with Gasteiger partial charge in [-0.15, -0.1) is 13.2 Å². The second-order valence-corrected chi connectivity index (χ2v) is 8.47.